The van der Waals surface area contributed by atoms with Gasteiger partial charge >= 0.3 is 0 Å². The van der Waals surface area contributed by atoms with Crippen LogP contribution in [-0.2, 0) is 21.1 Å². The molecule has 86 valence electrons. The molecule has 4 nitrogen and oxygen atoms in total. The number of sulfone groups is 1. The molecule has 15 heavy (non-hydrogen) atoms. The summed E-state index contributed by atoms with van der Waals surface area (Å²) in [6.45, 7) is 7.80. The molecule has 0 saturated heterocycles. The van der Waals surface area contributed by atoms with Gasteiger partial charge in [-0.2, -0.15) is 0 Å². The van der Waals surface area contributed by atoms with Crippen LogP contribution < -0.4 is 0 Å². The van der Waals surface area contributed by atoms with E-state index in [-0.39, 0.29) is 17.0 Å². The van der Waals surface area contributed by atoms with Crippen LogP contribution in [0, 0.1) is 0 Å². The largest absolute Gasteiger partial charge is 0.322 e. The van der Waals surface area contributed by atoms with Crippen LogP contribution in [-0.4, -0.2) is 23.7 Å². The summed E-state index contributed by atoms with van der Waals surface area (Å²) < 4.78 is 24.4. The summed E-state index contributed by atoms with van der Waals surface area (Å²) in [6, 6.07) is 0. The van der Waals surface area contributed by atoms with Crippen LogP contribution >= 0.6 is 0 Å². The van der Waals surface area contributed by atoms with Crippen molar-refractivity contribution in [1.29, 1.82) is 0 Å². The van der Waals surface area contributed by atoms with E-state index in [1.807, 2.05) is 20.8 Å². The maximum absolute atomic E-state index is 11.4. The van der Waals surface area contributed by atoms with E-state index in [4.69, 9.17) is 0 Å². The normalized spacial score (nSPS) is 13.1. The maximum atomic E-state index is 11.4. The first-order valence-corrected chi connectivity index (χ1v) is 6.79. The second-order valence-electron chi connectivity index (χ2n) is 4.68. The molecule has 0 spiro atoms. The van der Waals surface area contributed by atoms with Crippen LogP contribution in [0.25, 0.3) is 0 Å². The molecule has 1 heterocycles. The lowest BCUT2D eigenvalue weighted by Crippen LogP contribution is -2.13. The number of aromatic nitrogens is 2. The fraction of sp³-hybridized carbons (Fsp3) is 0.700. The molecule has 0 aliphatic carbocycles. The monoisotopic (exact) mass is 230 g/mol. The highest BCUT2D eigenvalue weighted by Crippen LogP contribution is 2.19. The molecule has 5 heteroatoms. The van der Waals surface area contributed by atoms with E-state index in [2.05, 4.69) is 4.98 Å². The first-order chi connectivity index (χ1) is 6.74. The van der Waals surface area contributed by atoms with Crippen molar-refractivity contribution in [1.82, 2.24) is 9.55 Å². The van der Waals surface area contributed by atoms with Gasteiger partial charge in [0.15, 0.2) is 9.84 Å². The zero-order chi connectivity index (χ0) is 11.7. The lowest BCUT2D eigenvalue weighted by atomic mass is 9.93. The van der Waals surface area contributed by atoms with Crippen LogP contribution in [0.4, 0.5) is 0 Å². The van der Waals surface area contributed by atoms with Crippen LogP contribution in [0.15, 0.2) is 12.5 Å². The lowest BCUT2D eigenvalue weighted by Gasteiger charge is -2.14. The molecule has 0 unspecified atom stereocenters. The number of hydrogen-bond donors (Lipinski definition) is 0. The van der Waals surface area contributed by atoms with Crippen LogP contribution in [0.1, 0.15) is 33.4 Å². The SMILES string of the molecule is CCS(=O)(=O)Cn1cnc(C(C)(C)C)c1. The fourth-order valence-electron chi connectivity index (χ4n) is 1.14. The third-order valence-electron chi connectivity index (χ3n) is 2.19. The van der Waals surface area contributed by atoms with Crippen molar-refractivity contribution in [3.05, 3.63) is 18.2 Å². The van der Waals surface area contributed by atoms with E-state index in [0.29, 0.717) is 0 Å². The van der Waals surface area contributed by atoms with E-state index in [0.717, 1.165) is 5.69 Å². The molecular weight excluding hydrogens is 212 g/mol. The molecule has 0 aliphatic rings. The molecule has 1 rings (SSSR count). The van der Waals surface area contributed by atoms with E-state index in [9.17, 15) is 8.42 Å². The number of hydrogen-bond acceptors (Lipinski definition) is 3. The first-order valence-electron chi connectivity index (χ1n) is 4.97. The average Bonchev–Trinajstić information content (AvgIpc) is 2.51. The average molecular weight is 230 g/mol. The van der Waals surface area contributed by atoms with Gasteiger partial charge in [-0.05, 0) is 0 Å². The zero-order valence-electron chi connectivity index (χ0n) is 9.69. The minimum absolute atomic E-state index is 0.0204. The Kier molecular flexibility index (Phi) is 3.23. The van der Waals surface area contributed by atoms with Crippen molar-refractivity contribution in [3.63, 3.8) is 0 Å². The van der Waals surface area contributed by atoms with E-state index in [1.54, 1.807) is 24.0 Å². The summed E-state index contributed by atoms with van der Waals surface area (Å²) in [6.07, 6.45) is 3.38. The Bertz CT molecular complexity index is 427. The van der Waals surface area contributed by atoms with Crippen molar-refractivity contribution in [2.24, 2.45) is 0 Å². The van der Waals surface area contributed by atoms with Gasteiger partial charge in [0, 0.05) is 17.4 Å². The quantitative estimate of drug-likeness (QED) is 0.792. The summed E-state index contributed by atoms with van der Waals surface area (Å²) in [7, 11) is -2.98. The highest BCUT2D eigenvalue weighted by atomic mass is 32.2. The van der Waals surface area contributed by atoms with Gasteiger partial charge in [0.2, 0.25) is 0 Å². The van der Waals surface area contributed by atoms with E-state index < -0.39 is 9.84 Å². The topological polar surface area (TPSA) is 52.0 Å². The second kappa shape index (κ2) is 3.96. The summed E-state index contributed by atoms with van der Waals surface area (Å²) in [5.41, 5.74) is 0.870. The molecular formula is C10H18N2O2S. The molecule has 0 aromatic carbocycles. The number of imidazole rings is 1. The first kappa shape index (κ1) is 12.2. The van der Waals surface area contributed by atoms with Gasteiger partial charge < -0.3 is 4.57 Å². The van der Waals surface area contributed by atoms with Gasteiger partial charge in [0.1, 0.15) is 5.88 Å². The van der Waals surface area contributed by atoms with Gasteiger partial charge in [0.05, 0.1) is 12.0 Å². The minimum Gasteiger partial charge on any atom is -0.322 e. The third kappa shape index (κ3) is 3.34. The predicted octanol–water partition coefficient (Wildman–Crippen LogP) is 1.57. The molecule has 0 fully saturated rings. The van der Waals surface area contributed by atoms with Crippen molar-refractivity contribution in [3.8, 4) is 0 Å². The summed E-state index contributed by atoms with van der Waals surface area (Å²) >= 11 is 0. The van der Waals surface area contributed by atoms with E-state index in [1.165, 1.54) is 0 Å². The van der Waals surface area contributed by atoms with Crippen LogP contribution in [0.3, 0.4) is 0 Å². The smallest absolute Gasteiger partial charge is 0.168 e. The molecule has 1 aromatic heterocycles. The summed E-state index contributed by atoms with van der Waals surface area (Å²) in [5.74, 6) is 0.183. The molecule has 1 aromatic rings. The summed E-state index contributed by atoms with van der Waals surface area (Å²) in [4.78, 5) is 4.20. The minimum atomic E-state index is -2.98. The molecule has 0 bridgehead atoms. The Balaban J connectivity index is 2.87. The molecule has 0 N–H and O–H groups in total. The number of nitrogens with zero attached hydrogens (tertiary/aromatic N) is 2. The Morgan fingerprint density at radius 2 is 2.00 bits per heavy atom. The zero-order valence-corrected chi connectivity index (χ0v) is 10.5. The standard InChI is InChI=1S/C10H18N2O2S/c1-5-15(13,14)8-12-6-9(11-7-12)10(2,3)4/h6-7H,5,8H2,1-4H3. The lowest BCUT2D eigenvalue weighted by molar-refractivity contribution is 0.569. The van der Waals surface area contributed by atoms with Gasteiger partial charge in [-0.3, -0.25) is 0 Å². The van der Waals surface area contributed by atoms with Crippen LogP contribution in [0.5, 0.6) is 0 Å². The Hall–Kier alpha value is -0.840. The molecule has 0 atom stereocenters. The fourth-order valence-corrected chi connectivity index (χ4v) is 1.91. The van der Waals surface area contributed by atoms with Gasteiger partial charge in [-0.25, -0.2) is 13.4 Å². The predicted molar refractivity (Wildman–Crippen MR) is 60.4 cm³/mol. The van der Waals surface area contributed by atoms with Gasteiger partial charge in [0.25, 0.3) is 0 Å². The molecule has 0 radical (unpaired) electrons. The molecule has 0 amide bonds. The van der Waals surface area contributed by atoms with Crippen molar-refractivity contribution < 1.29 is 8.42 Å². The highest BCUT2D eigenvalue weighted by molar-refractivity contribution is 7.90. The molecule has 0 aliphatic heterocycles. The highest BCUT2D eigenvalue weighted by Gasteiger charge is 2.17. The van der Waals surface area contributed by atoms with Crippen LogP contribution in [0.2, 0.25) is 0 Å². The van der Waals surface area contributed by atoms with Crippen molar-refractivity contribution in [2.45, 2.75) is 39.0 Å². The summed E-state index contributed by atoms with van der Waals surface area (Å²) in [5, 5.41) is 0. The molecule has 0 saturated carbocycles. The Labute approximate surface area is 91.3 Å². The van der Waals surface area contributed by atoms with Gasteiger partial charge in [-0.15, -0.1) is 0 Å². The Morgan fingerprint density at radius 3 is 2.40 bits per heavy atom. The van der Waals surface area contributed by atoms with Crippen molar-refractivity contribution >= 4 is 9.84 Å². The Morgan fingerprint density at radius 1 is 1.40 bits per heavy atom. The van der Waals surface area contributed by atoms with E-state index >= 15 is 0 Å². The number of rotatable bonds is 3. The van der Waals surface area contributed by atoms with Crippen molar-refractivity contribution in [2.75, 3.05) is 5.75 Å². The second-order valence-corrected chi connectivity index (χ2v) is 7.01. The van der Waals surface area contributed by atoms with Gasteiger partial charge in [-0.1, -0.05) is 27.7 Å². The maximum Gasteiger partial charge on any atom is 0.168 e. The third-order valence-corrected chi connectivity index (χ3v) is 3.76.